The molecule has 0 bridgehead atoms. The molecule has 5 nitrogen and oxygen atoms in total. The number of aromatic nitrogens is 1. The van der Waals surface area contributed by atoms with E-state index < -0.39 is 0 Å². The lowest BCUT2D eigenvalue weighted by molar-refractivity contribution is 0.483. The Morgan fingerprint density at radius 1 is 1.10 bits per heavy atom. The Kier molecular flexibility index (Phi) is 3.00. The van der Waals surface area contributed by atoms with Crippen molar-refractivity contribution in [2.45, 2.75) is 0 Å². The fourth-order valence-corrected chi connectivity index (χ4v) is 2.20. The van der Waals surface area contributed by atoms with Gasteiger partial charge in [-0.1, -0.05) is 24.3 Å². The monoisotopic (exact) mass is 282 g/mol. The first-order chi connectivity index (χ1) is 9.68. The van der Waals surface area contributed by atoms with Crippen molar-refractivity contribution in [3.8, 4) is 5.75 Å². The number of rotatable bonds is 1. The van der Waals surface area contributed by atoms with Gasteiger partial charge in [-0.25, -0.2) is 0 Å². The summed E-state index contributed by atoms with van der Waals surface area (Å²) in [5, 5.41) is 20.2. The molecule has 0 unspecified atom stereocenters. The number of hydrogen-bond acceptors (Lipinski definition) is 4. The molecule has 2 aromatic carbocycles. The number of nitrogens with two attached hydrogens (primary N) is 1. The van der Waals surface area contributed by atoms with Crippen molar-refractivity contribution in [1.82, 2.24) is 4.98 Å². The number of phenols is 1. The van der Waals surface area contributed by atoms with Crippen LogP contribution in [0.4, 0.5) is 5.69 Å². The minimum absolute atomic E-state index is 0.0202. The quantitative estimate of drug-likeness (QED) is 0.407. The first-order valence-electron chi connectivity index (χ1n) is 5.88. The maximum atomic E-state index is 10.4. The molecule has 0 radical (unpaired) electrons. The molecule has 0 aliphatic heterocycles. The van der Waals surface area contributed by atoms with Crippen LogP contribution in [0.5, 0.6) is 5.75 Å². The van der Waals surface area contributed by atoms with E-state index in [9.17, 15) is 5.11 Å². The smallest absolute Gasteiger partial charge is 0.211 e. The third-order valence-corrected chi connectivity index (χ3v) is 3.05. The van der Waals surface area contributed by atoms with Crippen molar-refractivity contribution in [2.24, 2.45) is 16.0 Å². The SMILES string of the molecule is NC(=S)N=Nc1c(O)c2cccnc2c2ccccc12. The third kappa shape index (κ3) is 1.96. The van der Waals surface area contributed by atoms with Crippen LogP contribution in [0.15, 0.2) is 52.8 Å². The van der Waals surface area contributed by atoms with Gasteiger partial charge in [0.15, 0.2) is 5.75 Å². The zero-order valence-corrected chi connectivity index (χ0v) is 11.1. The molecule has 0 atom stereocenters. The van der Waals surface area contributed by atoms with Gasteiger partial charge in [-0.15, -0.1) is 10.2 Å². The summed E-state index contributed by atoms with van der Waals surface area (Å²) in [6, 6.07) is 11.1. The molecule has 3 aromatic rings. The van der Waals surface area contributed by atoms with Gasteiger partial charge < -0.3 is 10.8 Å². The zero-order chi connectivity index (χ0) is 14.1. The van der Waals surface area contributed by atoms with E-state index in [1.54, 1.807) is 18.3 Å². The van der Waals surface area contributed by atoms with Gasteiger partial charge >= 0.3 is 0 Å². The van der Waals surface area contributed by atoms with E-state index >= 15 is 0 Å². The van der Waals surface area contributed by atoms with Crippen molar-refractivity contribution in [3.63, 3.8) is 0 Å². The molecule has 0 aliphatic carbocycles. The highest BCUT2D eigenvalue weighted by molar-refractivity contribution is 7.80. The molecule has 0 fully saturated rings. The predicted octanol–water partition coefficient (Wildman–Crippen LogP) is 3.42. The van der Waals surface area contributed by atoms with Crippen LogP contribution in [0.1, 0.15) is 0 Å². The standard InChI is InChI=1S/C14H10N4OS/c15-14(20)18-17-12-9-5-2-1-4-8(9)11-10(13(12)19)6-3-7-16-11/h1-7,19H,(H2,15,20). The fourth-order valence-electron chi connectivity index (χ4n) is 2.16. The second kappa shape index (κ2) is 4.82. The summed E-state index contributed by atoms with van der Waals surface area (Å²) in [5.41, 5.74) is 6.38. The van der Waals surface area contributed by atoms with Gasteiger partial charge in [-0.3, -0.25) is 4.98 Å². The molecule has 3 N–H and O–H groups in total. The van der Waals surface area contributed by atoms with Crippen molar-refractivity contribution in [3.05, 3.63) is 42.6 Å². The molecule has 0 spiro atoms. The highest BCUT2D eigenvalue weighted by atomic mass is 32.1. The van der Waals surface area contributed by atoms with Crippen LogP contribution in [0.2, 0.25) is 0 Å². The summed E-state index contributed by atoms with van der Waals surface area (Å²) in [6.07, 6.45) is 1.68. The van der Waals surface area contributed by atoms with Gasteiger partial charge in [-0.2, -0.15) is 0 Å². The number of hydrogen-bond donors (Lipinski definition) is 2. The topological polar surface area (TPSA) is 83.9 Å². The molecule has 20 heavy (non-hydrogen) atoms. The van der Waals surface area contributed by atoms with E-state index in [0.717, 1.165) is 16.3 Å². The van der Waals surface area contributed by atoms with Crippen molar-refractivity contribution >= 4 is 44.7 Å². The van der Waals surface area contributed by atoms with Gasteiger partial charge in [0.05, 0.1) is 5.52 Å². The molecule has 98 valence electrons. The fraction of sp³-hybridized carbons (Fsp3) is 0. The van der Waals surface area contributed by atoms with E-state index in [1.807, 2.05) is 24.3 Å². The lowest BCUT2D eigenvalue weighted by atomic mass is 10.0. The molecular weight excluding hydrogens is 272 g/mol. The number of aromatic hydroxyl groups is 1. The molecule has 0 saturated carbocycles. The third-order valence-electron chi connectivity index (χ3n) is 2.97. The highest BCUT2D eigenvalue weighted by Crippen LogP contribution is 2.41. The zero-order valence-electron chi connectivity index (χ0n) is 10.3. The van der Waals surface area contributed by atoms with Gasteiger partial charge in [0.2, 0.25) is 5.11 Å². The number of fused-ring (bicyclic) bond motifs is 3. The second-order valence-electron chi connectivity index (χ2n) is 4.18. The van der Waals surface area contributed by atoms with E-state index in [-0.39, 0.29) is 10.9 Å². The van der Waals surface area contributed by atoms with E-state index in [1.165, 1.54) is 0 Å². The maximum absolute atomic E-state index is 10.4. The Hall–Kier alpha value is -2.60. The largest absolute Gasteiger partial charge is 0.505 e. The number of pyridine rings is 1. The van der Waals surface area contributed by atoms with E-state index in [4.69, 9.17) is 5.73 Å². The number of thiocarbonyl (C=S) groups is 1. The van der Waals surface area contributed by atoms with Crippen molar-refractivity contribution in [1.29, 1.82) is 0 Å². The lowest BCUT2D eigenvalue weighted by Gasteiger charge is -2.08. The molecule has 0 aliphatic rings. The Morgan fingerprint density at radius 3 is 2.55 bits per heavy atom. The Labute approximate surface area is 119 Å². The Morgan fingerprint density at radius 2 is 1.80 bits per heavy atom. The summed E-state index contributed by atoms with van der Waals surface area (Å²) >= 11 is 4.68. The Bertz CT molecular complexity index is 860. The van der Waals surface area contributed by atoms with Crippen LogP contribution < -0.4 is 5.73 Å². The number of azo groups is 1. The summed E-state index contributed by atoms with van der Waals surface area (Å²) in [4.78, 5) is 4.32. The lowest BCUT2D eigenvalue weighted by Crippen LogP contribution is -2.01. The molecule has 1 aromatic heterocycles. The van der Waals surface area contributed by atoms with Gasteiger partial charge in [-0.05, 0) is 24.4 Å². The van der Waals surface area contributed by atoms with Gasteiger partial charge in [0.25, 0.3) is 0 Å². The molecule has 1 heterocycles. The van der Waals surface area contributed by atoms with E-state index in [0.29, 0.717) is 11.1 Å². The predicted molar refractivity (Wildman–Crippen MR) is 82.2 cm³/mol. The van der Waals surface area contributed by atoms with Crippen LogP contribution in [-0.4, -0.2) is 15.2 Å². The molecule has 6 heteroatoms. The summed E-state index contributed by atoms with van der Waals surface area (Å²) in [7, 11) is 0. The van der Waals surface area contributed by atoms with Crippen molar-refractivity contribution in [2.75, 3.05) is 0 Å². The average molecular weight is 282 g/mol. The van der Waals surface area contributed by atoms with Crippen molar-refractivity contribution < 1.29 is 5.11 Å². The number of phenolic OH excluding ortho intramolecular Hbond substituents is 1. The van der Waals surface area contributed by atoms with E-state index in [2.05, 4.69) is 27.4 Å². The maximum Gasteiger partial charge on any atom is 0.211 e. The molecule has 0 saturated heterocycles. The molecule has 0 amide bonds. The first kappa shape index (κ1) is 12.4. The van der Waals surface area contributed by atoms with Crippen LogP contribution >= 0.6 is 12.2 Å². The minimum atomic E-state index is -0.0836. The second-order valence-corrected chi connectivity index (χ2v) is 4.60. The summed E-state index contributed by atoms with van der Waals surface area (Å²) in [5.74, 6) is 0.0202. The molecule has 3 rings (SSSR count). The number of benzene rings is 2. The summed E-state index contributed by atoms with van der Waals surface area (Å²) in [6.45, 7) is 0. The Balaban J connectivity index is 2.47. The van der Waals surface area contributed by atoms with Crippen LogP contribution in [0.25, 0.3) is 21.7 Å². The van der Waals surface area contributed by atoms with Crippen LogP contribution in [0.3, 0.4) is 0 Å². The van der Waals surface area contributed by atoms with Gasteiger partial charge in [0.1, 0.15) is 5.69 Å². The summed E-state index contributed by atoms with van der Waals surface area (Å²) < 4.78 is 0. The van der Waals surface area contributed by atoms with Gasteiger partial charge in [0, 0.05) is 22.4 Å². The number of nitrogens with zero attached hydrogens (tertiary/aromatic N) is 3. The minimum Gasteiger partial charge on any atom is -0.505 e. The molecular formula is C14H10N4OS. The average Bonchev–Trinajstić information content (AvgIpc) is 2.47. The normalized spacial score (nSPS) is 11.4. The first-order valence-corrected chi connectivity index (χ1v) is 6.29. The van der Waals surface area contributed by atoms with Crippen LogP contribution in [-0.2, 0) is 0 Å². The van der Waals surface area contributed by atoms with Crippen LogP contribution in [0, 0.1) is 0 Å². The highest BCUT2D eigenvalue weighted by Gasteiger charge is 2.13.